The second-order valence-corrected chi connectivity index (χ2v) is 6.10. The Bertz CT molecular complexity index is 244. The van der Waals surface area contributed by atoms with Crippen LogP contribution < -0.4 is 5.32 Å². The van der Waals surface area contributed by atoms with Crippen molar-refractivity contribution in [2.24, 2.45) is 5.92 Å². The molecule has 2 atom stereocenters. The molecule has 19 heavy (non-hydrogen) atoms. The summed E-state index contributed by atoms with van der Waals surface area (Å²) in [6.07, 6.45) is 6.26. The monoisotopic (exact) mass is 270 g/mol. The van der Waals surface area contributed by atoms with Crippen molar-refractivity contribution in [2.75, 3.05) is 39.3 Å². The molecule has 2 fully saturated rings. The summed E-state index contributed by atoms with van der Waals surface area (Å²) >= 11 is 0. The van der Waals surface area contributed by atoms with Gasteiger partial charge in [-0.25, -0.2) is 0 Å². The van der Waals surface area contributed by atoms with Crippen molar-refractivity contribution in [3.63, 3.8) is 0 Å². The molecule has 0 aromatic rings. The predicted molar refractivity (Wildman–Crippen MR) is 77.3 cm³/mol. The molecular weight excluding hydrogens is 240 g/mol. The molecule has 2 rings (SSSR count). The smallest absolute Gasteiger partial charge is 0.0897 e. The number of rotatable bonds is 8. The molecule has 0 radical (unpaired) electrons. The fraction of sp³-hybridized carbons (Fsp3) is 1.00. The summed E-state index contributed by atoms with van der Waals surface area (Å²) < 4.78 is 5.72. The molecule has 0 aromatic heterocycles. The maximum atomic E-state index is 9.88. The summed E-state index contributed by atoms with van der Waals surface area (Å²) in [5, 5.41) is 13.3. The van der Waals surface area contributed by atoms with Crippen LogP contribution in [0, 0.1) is 5.92 Å². The molecule has 2 aliphatic rings. The Morgan fingerprint density at radius 1 is 1.32 bits per heavy atom. The molecule has 1 saturated carbocycles. The number of aliphatic hydroxyl groups excluding tert-OH is 1. The van der Waals surface area contributed by atoms with E-state index in [2.05, 4.69) is 17.1 Å². The summed E-state index contributed by atoms with van der Waals surface area (Å²) in [5.74, 6) is 0.753. The molecular formula is C15H30N2O2. The Morgan fingerprint density at radius 2 is 2.11 bits per heavy atom. The largest absolute Gasteiger partial charge is 0.389 e. The minimum absolute atomic E-state index is 0.357. The molecule has 0 aromatic carbocycles. The Kier molecular flexibility index (Phi) is 6.57. The van der Waals surface area contributed by atoms with E-state index in [0.29, 0.717) is 19.3 Å². The first-order valence-corrected chi connectivity index (χ1v) is 8.00. The maximum Gasteiger partial charge on any atom is 0.0897 e. The molecule has 2 N–H and O–H groups in total. The molecule has 1 heterocycles. The van der Waals surface area contributed by atoms with Crippen LogP contribution in [0.4, 0.5) is 0 Å². The number of ether oxygens (including phenoxy) is 1. The third-order valence-corrected chi connectivity index (χ3v) is 4.46. The van der Waals surface area contributed by atoms with E-state index < -0.39 is 0 Å². The average Bonchev–Trinajstić information content (AvgIpc) is 3.07. The highest BCUT2D eigenvalue weighted by Crippen LogP contribution is 2.20. The van der Waals surface area contributed by atoms with E-state index in [0.717, 1.165) is 19.0 Å². The van der Waals surface area contributed by atoms with E-state index in [1.54, 1.807) is 0 Å². The van der Waals surface area contributed by atoms with Gasteiger partial charge in [-0.05, 0) is 44.8 Å². The van der Waals surface area contributed by atoms with Crippen LogP contribution in [0.15, 0.2) is 0 Å². The van der Waals surface area contributed by atoms with Crippen molar-refractivity contribution in [3.05, 3.63) is 0 Å². The average molecular weight is 270 g/mol. The van der Waals surface area contributed by atoms with E-state index in [9.17, 15) is 5.11 Å². The SMILES string of the molecule is CCN1CCC(CNCC(O)COC2CCCC2)C1. The van der Waals surface area contributed by atoms with E-state index in [1.165, 1.54) is 45.2 Å². The number of likely N-dealkylation sites (tertiary alicyclic amines) is 1. The lowest BCUT2D eigenvalue weighted by atomic mass is 10.1. The van der Waals surface area contributed by atoms with Crippen LogP contribution >= 0.6 is 0 Å². The van der Waals surface area contributed by atoms with E-state index >= 15 is 0 Å². The van der Waals surface area contributed by atoms with Gasteiger partial charge in [0.15, 0.2) is 0 Å². The first-order valence-electron chi connectivity index (χ1n) is 8.00. The van der Waals surface area contributed by atoms with Gasteiger partial charge in [0.25, 0.3) is 0 Å². The van der Waals surface area contributed by atoms with Crippen molar-refractivity contribution >= 4 is 0 Å². The molecule has 1 aliphatic heterocycles. The Balaban J connectivity index is 1.48. The Morgan fingerprint density at radius 3 is 2.79 bits per heavy atom. The van der Waals surface area contributed by atoms with Crippen LogP contribution in [0.1, 0.15) is 39.0 Å². The number of hydrogen-bond acceptors (Lipinski definition) is 4. The standard InChI is InChI=1S/C15H30N2O2/c1-2-17-8-7-13(11-17)9-16-10-14(18)12-19-15-5-3-4-6-15/h13-16,18H,2-12H2,1H3. The third-order valence-electron chi connectivity index (χ3n) is 4.46. The highest BCUT2D eigenvalue weighted by atomic mass is 16.5. The zero-order valence-corrected chi connectivity index (χ0v) is 12.3. The van der Waals surface area contributed by atoms with Crippen LogP contribution in [0.5, 0.6) is 0 Å². The minimum Gasteiger partial charge on any atom is -0.389 e. The molecule has 0 bridgehead atoms. The number of hydrogen-bond donors (Lipinski definition) is 2. The molecule has 0 spiro atoms. The highest BCUT2D eigenvalue weighted by Gasteiger charge is 2.21. The summed E-state index contributed by atoms with van der Waals surface area (Å²) in [6, 6.07) is 0. The number of nitrogens with zero attached hydrogens (tertiary/aromatic N) is 1. The van der Waals surface area contributed by atoms with Crippen LogP contribution in [0.25, 0.3) is 0 Å². The van der Waals surface area contributed by atoms with Gasteiger partial charge >= 0.3 is 0 Å². The number of nitrogens with one attached hydrogen (secondary N) is 1. The first-order chi connectivity index (χ1) is 9.28. The molecule has 4 heteroatoms. The fourth-order valence-electron chi connectivity index (χ4n) is 3.18. The molecule has 2 unspecified atom stereocenters. The van der Waals surface area contributed by atoms with Gasteiger partial charge in [-0.3, -0.25) is 0 Å². The van der Waals surface area contributed by atoms with Crippen molar-refractivity contribution in [1.82, 2.24) is 10.2 Å². The summed E-state index contributed by atoms with van der Waals surface area (Å²) in [7, 11) is 0. The van der Waals surface area contributed by atoms with Gasteiger partial charge in [0.1, 0.15) is 0 Å². The second-order valence-electron chi connectivity index (χ2n) is 6.10. The van der Waals surface area contributed by atoms with Crippen molar-refractivity contribution in [3.8, 4) is 0 Å². The van der Waals surface area contributed by atoms with Crippen molar-refractivity contribution in [2.45, 2.75) is 51.2 Å². The van der Waals surface area contributed by atoms with Crippen molar-refractivity contribution in [1.29, 1.82) is 0 Å². The van der Waals surface area contributed by atoms with Crippen LogP contribution in [0.2, 0.25) is 0 Å². The Labute approximate surface area is 117 Å². The topological polar surface area (TPSA) is 44.7 Å². The quantitative estimate of drug-likeness (QED) is 0.696. The van der Waals surface area contributed by atoms with Gasteiger partial charge in [-0.1, -0.05) is 19.8 Å². The van der Waals surface area contributed by atoms with E-state index in [4.69, 9.17) is 4.74 Å². The summed E-state index contributed by atoms with van der Waals surface area (Å²) in [5.41, 5.74) is 0. The minimum atomic E-state index is -0.357. The lowest BCUT2D eigenvalue weighted by Crippen LogP contribution is -2.35. The predicted octanol–water partition coefficient (Wildman–Crippen LogP) is 1.24. The first kappa shape index (κ1) is 15.2. The summed E-state index contributed by atoms with van der Waals surface area (Å²) in [4.78, 5) is 2.49. The molecule has 1 aliphatic carbocycles. The van der Waals surface area contributed by atoms with Crippen LogP contribution in [0.3, 0.4) is 0 Å². The lowest BCUT2D eigenvalue weighted by Gasteiger charge is -2.17. The van der Waals surface area contributed by atoms with E-state index in [-0.39, 0.29) is 6.10 Å². The zero-order chi connectivity index (χ0) is 13.5. The highest BCUT2D eigenvalue weighted by molar-refractivity contribution is 4.77. The third kappa shape index (κ3) is 5.38. The Hall–Kier alpha value is -0.160. The fourth-order valence-corrected chi connectivity index (χ4v) is 3.18. The summed E-state index contributed by atoms with van der Waals surface area (Å²) in [6.45, 7) is 8.00. The van der Waals surface area contributed by atoms with Gasteiger partial charge in [0.2, 0.25) is 0 Å². The van der Waals surface area contributed by atoms with Gasteiger partial charge in [0.05, 0.1) is 18.8 Å². The molecule has 0 amide bonds. The molecule has 112 valence electrons. The zero-order valence-electron chi connectivity index (χ0n) is 12.3. The van der Waals surface area contributed by atoms with Crippen LogP contribution in [-0.2, 0) is 4.74 Å². The van der Waals surface area contributed by atoms with Crippen molar-refractivity contribution < 1.29 is 9.84 Å². The van der Waals surface area contributed by atoms with Gasteiger partial charge in [-0.15, -0.1) is 0 Å². The van der Waals surface area contributed by atoms with E-state index in [1.807, 2.05) is 0 Å². The van der Waals surface area contributed by atoms with Gasteiger partial charge in [-0.2, -0.15) is 0 Å². The molecule has 1 saturated heterocycles. The molecule has 4 nitrogen and oxygen atoms in total. The lowest BCUT2D eigenvalue weighted by molar-refractivity contribution is -0.00559. The number of aliphatic hydroxyl groups is 1. The van der Waals surface area contributed by atoms with Gasteiger partial charge < -0.3 is 20.1 Å². The van der Waals surface area contributed by atoms with Crippen LogP contribution in [-0.4, -0.2) is 61.5 Å². The maximum absolute atomic E-state index is 9.88. The second kappa shape index (κ2) is 8.20. The normalized spacial score (nSPS) is 27.2. The van der Waals surface area contributed by atoms with Gasteiger partial charge in [0, 0.05) is 13.1 Å².